The van der Waals surface area contributed by atoms with Crippen LogP contribution in [0.15, 0.2) is 71.6 Å². The number of anilines is 1. The summed E-state index contributed by atoms with van der Waals surface area (Å²) in [6.07, 6.45) is -0.0412. The number of amides is 1. The monoisotopic (exact) mass is 490 g/mol. The topological polar surface area (TPSA) is 102 Å². The molecule has 0 radical (unpaired) electrons. The lowest BCUT2D eigenvalue weighted by Gasteiger charge is -2.13. The lowest BCUT2D eigenvalue weighted by atomic mass is 10.1. The van der Waals surface area contributed by atoms with E-state index >= 15 is 0 Å². The van der Waals surface area contributed by atoms with Crippen LogP contribution in [0, 0.1) is 5.82 Å². The molecule has 0 bridgehead atoms. The highest BCUT2D eigenvalue weighted by Gasteiger charge is 2.19. The van der Waals surface area contributed by atoms with Crippen LogP contribution in [-0.2, 0) is 32.5 Å². The molecule has 1 amide bonds. The van der Waals surface area contributed by atoms with Crippen LogP contribution >= 0.6 is 11.6 Å². The Morgan fingerprint density at radius 3 is 2.45 bits per heavy atom. The summed E-state index contributed by atoms with van der Waals surface area (Å²) < 4.78 is 46.0. The number of carbonyl (C=O) groups excluding carboxylic acids is 2. The zero-order chi connectivity index (χ0) is 24.0. The van der Waals surface area contributed by atoms with Crippen molar-refractivity contribution in [2.75, 3.05) is 11.8 Å². The maximum Gasteiger partial charge on any atom is 0.337 e. The van der Waals surface area contributed by atoms with Gasteiger partial charge in [0.2, 0.25) is 5.91 Å². The summed E-state index contributed by atoms with van der Waals surface area (Å²) in [5.74, 6) is -1.50. The molecule has 0 aliphatic heterocycles. The molecule has 2 N–H and O–H groups in total. The minimum atomic E-state index is -4.04. The van der Waals surface area contributed by atoms with E-state index < -0.39 is 21.8 Å². The quantitative estimate of drug-likeness (QED) is 0.466. The standard InChI is InChI=1S/C23H20ClFN2O5S/c1-32-23(29)17-9-16(14-26-22(28)12-15-5-4-6-18(25)10-15)11-19(13-17)27-33(30,31)21-8-3-2-7-20(21)24/h2-11,13,27H,12,14H2,1H3,(H,26,28). The molecule has 3 aromatic rings. The minimum absolute atomic E-state index is 0.000194. The number of nitrogens with one attached hydrogen (secondary N) is 2. The van der Waals surface area contributed by atoms with E-state index in [0.717, 1.165) is 0 Å². The highest BCUT2D eigenvalue weighted by atomic mass is 35.5. The van der Waals surface area contributed by atoms with Crippen molar-refractivity contribution < 1.29 is 27.1 Å². The van der Waals surface area contributed by atoms with E-state index in [1.807, 2.05) is 0 Å². The fourth-order valence-electron chi connectivity index (χ4n) is 3.06. The summed E-state index contributed by atoms with van der Waals surface area (Å²) in [6.45, 7) is -0.000194. The number of methoxy groups -OCH3 is 1. The third-order valence-corrected chi connectivity index (χ3v) is 6.42. The van der Waals surface area contributed by atoms with E-state index in [0.29, 0.717) is 11.1 Å². The van der Waals surface area contributed by atoms with Gasteiger partial charge in [0.25, 0.3) is 10.0 Å². The molecule has 3 aromatic carbocycles. The first-order chi connectivity index (χ1) is 15.7. The predicted molar refractivity (Wildman–Crippen MR) is 122 cm³/mol. The largest absolute Gasteiger partial charge is 0.465 e. The summed E-state index contributed by atoms with van der Waals surface area (Å²) in [5.41, 5.74) is 1.13. The summed E-state index contributed by atoms with van der Waals surface area (Å²) in [5, 5.41) is 2.71. The van der Waals surface area contributed by atoms with Crippen LogP contribution in [0.5, 0.6) is 0 Å². The molecule has 0 unspecified atom stereocenters. The van der Waals surface area contributed by atoms with Crippen LogP contribution in [0.2, 0.25) is 5.02 Å². The Balaban J connectivity index is 1.80. The second-order valence-corrected chi connectivity index (χ2v) is 9.09. The molecule has 0 saturated heterocycles. The van der Waals surface area contributed by atoms with Gasteiger partial charge in [0.05, 0.1) is 29.8 Å². The summed E-state index contributed by atoms with van der Waals surface area (Å²) in [6, 6.07) is 15.9. The van der Waals surface area contributed by atoms with Gasteiger partial charge < -0.3 is 10.1 Å². The molecule has 172 valence electrons. The average molecular weight is 491 g/mol. The molecule has 0 saturated carbocycles. The van der Waals surface area contributed by atoms with E-state index in [2.05, 4.69) is 10.0 Å². The number of halogens is 2. The number of hydrogen-bond donors (Lipinski definition) is 2. The Bertz CT molecular complexity index is 1300. The van der Waals surface area contributed by atoms with Crippen LogP contribution < -0.4 is 10.0 Å². The summed E-state index contributed by atoms with van der Waals surface area (Å²) >= 11 is 6.01. The van der Waals surface area contributed by atoms with Gasteiger partial charge in [-0.05, 0) is 53.6 Å². The van der Waals surface area contributed by atoms with Crippen LogP contribution in [0.1, 0.15) is 21.5 Å². The Hall–Kier alpha value is -3.43. The van der Waals surface area contributed by atoms with E-state index in [1.165, 1.54) is 61.7 Å². The molecule has 0 aromatic heterocycles. The number of benzene rings is 3. The normalized spacial score (nSPS) is 11.0. The number of rotatable bonds is 8. The smallest absolute Gasteiger partial charge is 0.337 e. The van der Waals surface area contributed by atoms with Gasteiger partial charge in [-0.25, -0.2) is 17.6 Å². The van der Waals surface area contributed by atoms with Gasteiger partial charge in [0, 0.05) is 6.54 Å². The number of hydrogen-bond acceptors (Lipinski definition) is 5. The third-order valence-electron chi connectivity index (χ3n) is 4.54. The Labute approximate surface area is 195 Å². The second kappa shape index (κ2) is 10.5. The van der Waals surface area contributed by atoms with Crippen molar-refractivity contribution in [3.05, 3.63) is 94.3 Å². The van der Waals surface area contributed by atoms with Gasteiger partial charge in [-0.3, -0.25) is 9.52 Å². The number of esters is 1. The van der Waals surface area contributed by atoms with Gasteiger partial charge in [0.1, 0.15) is 10.7 Å². The summed E-state index contributed by atoms with van der Waals surface area (Å²) in [7, 11) is -2.85. The van der Waals surface area contributed by atoms with Crippen molar-refractivity contribution in [2.24, 2.45) is 0 Å². The average Bonchev–Trinajstić information content (AvgIpc) is 2.77. The van der Waals surface area contributed by atoms with Gasteiger partial charge >= 0.3 is 5.97 Å². The predicted octanol–water partition coefficient (Wildman–Crippen LogP) is 3.93. The van der Waals surface area contributed by atoms with E-state index in [1.54, 1.807) is 12.1 Å². The van der Waals surface area contributed by atoms with Crippen molar-refractivity contribution >= 4 is 39.2 Å². The Morgan fingerprint density at radius 1 is 1.00 bits per heavy atom. The minimum Gasteiger partial charge on any atom is -0.465 e. The first-order valence-electron chi connectivity index (χ1n) is 9.69. The molecule has 10 heteroatoms. The van der Waals surface area contributed by atoms with E-state index in [9.17, 15) is 22.4 Å². The first kappa shape index (κ1) is 24.2. The van der Waals surface area contributed by atoms with Crippen LogP contribution in [-0.4, -0.2) is 27.4 Å². The van der Waals surface area contributed by atoms with Crippen LogP contribution in [0.3, 0.4) is 0 Å². The molecule has 0 aliphatic carbocycles. The maximum atomic E-state index is 13.3. The molecule has 0 spiro atoms. The van der Waals surface area contributed by atoms with Crippen LogP contribution in [0.4, 0.5) is 10.1 Å². The Kier molecular flexibility index (Phi) is 7.67. The van der Waals surface area contributed by atoms with Crippen molar-refractivity contribution in [3.8, 4) is 0 Å². The fraction of sp³-hybridized carbons (Fsp3) is 0.130. The SMILES string of the molecule is COC(=O)c1cc(CNC(=O)Cc2cccc(F)c2)cc(NS(=O)(=O)c2ccccc2Cl)c1. The highest BCUT2D eigenvalue weighted by molar-refractivity contribution is 7.92. The molecular formula is C23H20ClFN2O5S. The van der Waals surface area contributed by atoms with Gasteiger partial charge in [-0.15, -0.1) is 0 Å². The number of sulfonamides is 1. The Morgan fingerprint density at radius 2 is 1.76 bits per heavy atom. The maximum absolute atomic E-state index is 13.3. The molecule has 0 aliphatic rings. The molecule has 7 nitrogen and oxygen atoms in total. The van der Waals surface area contributed by atoms with Crippen molar-refractivity contribution in [2.45, 2.75) is 17.9 Å². The zero-order valence-electron chi connectivity index (χ0n) is 17.5. The fourth-order valence-corrected chi connectivity index (χ4v) is 4.62. The van der Waals surface area contributed by atoms with Gasteiger partial charge in [-0.2, -0.15) is 0 Å². The van der Waals surface area contributed by atoms with Gasteiger partial charge in [0.15, 0.2) is 0 Å². The van der Waals surface area contributed by atoms with Crippen LogP contribution in [0.25, 0.3) is 0 Å². The van der Waals surface area contributed by atoms with Crippen molar-refractivity contribution in [3.63, 3.8) is 0 Å². The van der Waals surface area contributed by atoms with E-state index in [4.69, 9.17) is 16.3 Å². The second-order valence-electron chi connectivity index (χ2n) is 7.03. The molecule has 3 rings (SSSR count). The van der Waals surface area contributed by atoms with E-state index in [-0.39, 0.29) is 40.0 Å². The van der Waals surface area contributed by atoms with Gasteiger partial charge in [-0.1, -0.05) is 35.9 Å². The highest BCUT2D eigenvalue weighted by Crippen LogP contribution is 2.25. The van der Waals surface area contributed by atoms with Crippen molar-refractivity contribution in [1.29, 1.82) is 0 Å². The summed E-state index contributed by atoms with van der Waals surface area (Å²) in [4.78, 5) is 24.2. The van der Waals surface area contributed by atoms with Crippen molar-refractivity contribution in [1.82, 2.24) is 5.32 Å². The third kappa shape index (κ3) is 6.53. The molecule has 33 heavy (non-hydrogen) atoms. The lowest BCUT2D eigenvalue weighted by molar-refractivity contribution is -0.120. The first-order valence-corrected chi connectivity index (χ1v) is 11.5. The number of carbonyl (C=O) groups is 2. The zero-order valence-corrected chi connectivity index (χ0v) is 19.0. The molecule has 0 atom stereocenters. The molecule has 0 heterocycles. The molecular weight excluding hydrogens is 471 g/mol. The molecule has 0 fully saturated rings. The lowest BCUT2D eigenvalue weighted by Crippen LogP contribution is -2.25. The number of ether oxygens (including phenoxy) is 1.